The number of nitrogens with one attached hydrogen (secondary N) is 2. The number of rotatable bonds is 2. The molecule has 1 heterocycles. The summed E-state index contributed by atoms with van der Waals surface area (Å²) in [5.74, 6) is -0.144. The minimum Gasteiger partial charge on any atom is -0.297 e. The Balaban J connectivity index is 2.57. The zero-order valence-corrected chi connectivity index (χ0v) is 8.05. The molecule has 0 aliphatic rings. The molecule has 0 aliphatic carbocycles. The van der Waals surface area contributed by atoms with Crippen LogP contribution in [0.1, 0.15) is 6.92 Å². The van der Waals surface area contributed by atoms with Crippen molar-refractivity contribution in [1.82, 2.24) is 10.4 Å². The molecule has 1 aromatic rings. The monoisotopic (exact) mass is 229 g/mol. The first kappa shape index (κ1) is 8.99. The maximum atomic E-state index is 10.5. The highest BCUT2D eigenvalue weighted by molar-refractivity contribution is 9.10. The van der Waals surface area contributed by atoms with Crippen molar-refractivity contribution in [1.29, 1.82) is 0 Å². The number of hydrogen-bond donors (Lipinski definition) is 2. The SMILES string of the molecule is CC(=O)NNc1cncc(Br)c1. The van der Waals surface area contributed by atoms with E-state index in [9.17, 15) is 4.79 Å². The van der Waals surface area contributed by atoms with Crippen molar-refractivity contribution >= 4 is 27.5 Å². The number of hydrazine groups is 1. The fraction of sp³-hybridized carbons (Fsp3) is 0.143. The molecule has 1 rings (SSSR count). The van der Waals surface area contributed by atoms with E-state index in [0.29, 0.717) is 0 Å². The molecule has 0 atom stereocenters. The van der Waals surface area contributed by atoms with Gasteiger partial charge in [-0.1, -0.05) is 0 Å². The predicted octanol–water partition coefficient (Wildman–Crippen LogP) is 1.31. The maximum Gasteiger partial charge on any atom is 0.235 e. The van der Waals surface area contributed by atoms with Crippen molar-refractivity contribution in [3.8, 4) is 0 Å². The highest BCUT2D eigenvalue weighted by atomic mass is 79.9. The summed E-state index contributed by atoms with van der Waals surface area (Å²) in [5.41, 5.74) is 5.87. The van der Waals surface area contributed by atoms with E-state index in [1.165, 1.54) is 6.92 Å². The van der Waals surface area contributed by atoms with Gasteiger partial charge in [-0.3, -0.25) is 20.6 Å². The molecule has 0 aliphatic heterocycles. The number of pyridine rings is 1. The van der Waals surface area contributed by atoms with E-state index in [4.69, 9.17) is 0 Å². The van der Waals surface area contributed by atoms with Crippen LogP contribution < -0.4 is 10.9 Å². The lowest BCUT2D eigenvalue weighted by molar-refractivity contribution is -0.118. The fourth-order valence-corrected chi connectivity index (χ4v) is 1.01. The number of amides is 1. The van der Waals surface area contributed by atoms with Crippen LogP contribution in [0.4, 0.5) is 5.69 Å². The Labute approximate surface area is 78.5 Å². The van der Waals surface area contributed by atoms with E-state index in [0.717, 1.165) is 10.2 Å². The third-order valence-corrected chi connectivity index (χ3v) is 1.52. The van der Waals surface area contributed by atoms with Gasteiger partial charge in [-0.25, -0.2) is 0 Å². The highest BCUT2D eigenvalue weighted by Gasteiger charge is 1.93. The van der Waals surface area contributed by atoms with Gasteiger partial charge >= 0.3 is 0 Å². The lowest BCUT2D eigenvalue weighted by Crippen LogP contribution is -2.26. The molecule has 0 spiro atoms. The van der Waals surface area contributed by atoms with Crippen molar-refractivity contribution < 1.29 is 4.79 Å². The van der Waals surface area contributed by atoms with Gasteiger partial charge in [0.15, 0.2) is 0 Å². The van der Waals surface area contributed by atoms with Gasteiger partial charge in [0.25, 0.3) is 0 Å². The molecule has 0 aromatic carbocycles. The number of carbonyl (C=O) groups is 1. The summed E-state index contributed by atoms with van der Waals surface area (Å²) in [5, 5.41) is 0. The van der Waals surface area contributed by atoms with Crippen molar-refractivity contribution in [3.63, 3.8) is 0 Å². The van der Waals surface area contributed by atoms with Gasteiger partial charge in [-0.2, -0.15) is 0 Å². The van der Waals surface area contributed by atoms with Crippen LogP contribution in [0, 0.1) is 0 Å². The Morgan fingerprint density at radius 1 is 1.58 bits per heavy atom. The van der Waals surface area contributed by atoms with Crippen molar-refractivity contribution in [3.05, 3.63) is 22.9 Å². The number of carbonyl (C=O) groups excluding carboxylic acids is 1. The number of aromatic nitrogens is 1. The summed E-state index contributed by atoms with van der Waals surface area (Å²) in [7, 11) is 0. The smallest absolute Gasteiger partial charge is 0.235 e. The first-order valence-electron chi connectivity index (χ1n) is 3.31. The molecule has 4 nitrogen and oxygen atoms in total. The number of halogens is 1. The molecule has 0 saturated carbocycles. The first-order chi connectivity index (χ1) is 5.68. The number of nitrogens with zero attached hydrogens (tertiary/aromatic N) is 1. The summed E-state index contributed by atoms with van der Waals surface area (Å²) in [6.45, 7) is 1.43. The van der Waals surface area contributed by atoms with E-state index >= 15 is 0 Å². The van der Waals surface area contributed by atoms with Crippen LogP contribution in [0.2, 0.25) is 0 Å². The van der Waals surface area contributed by atoms with E-state index in [1.807, 2.05) is 6.07 Å². The van der Waals surface area contributed by atoms with E-state index in [2.05, 4.69) is 31.8 Å². The Hall–Kier alpha value is -1.10. The Kier molecular flexibility index (Phi) is 3.04. The molecule has 1 amide bonds. The van der Waals surface area contributed by atoms with Gasteiger partial charge in [0.05, 0.1) is 11.9 Å². The molecule has 12 heavy (non-hydrogen) atoms. The Morgan fingerprint density at radius 2 is 2.33 bits per heavy atom. The molecular formula is C7H8BrN3O. The van der Waals surface area contributed by atoms with Crippen LogP contribution in [0.5, 0.6) is 0 Å². The second-order valence-corrected chi connectivity index (χ2v) is 3.11. The molecule has 0 bridgehead atoms. The third-order valence-electron chi connectivity index (χ3n) is 1.09. The van der Waals surface area contributed by atoms with Crippen molar-refractivity contribution in [2.75, 3.05) is 5.43 Å². The average Bonchev–Trinajstić information content (AvgIpc) is 2.01. The Bertz CT molecular complexity index is 290. The molecule has 1 aromatic heterocycles. The van der Waals surface area contributed by atoms with E-state index < -0.39 is 0 Å². The normalized spacial score (nSPS) is 9.17. The topological polar surface area (TPSA) is 54.0 Å². The van der Waals surface area contributed by atoms with Crippen LogP contribution in [0.3, 0.4) is 0 Å². The second-order valence-electron chi connectivity index (χ2n) is 2.20. The van der Waals surface area contributed by atoms with Crippen LogP contribution in [-0.4, -0.2) is 10.9 Å². The maximum absolute atomic E-state index is 10.5. The summed E-state index contributed by atoms with van der Waals surface area (Å²) >= 11 is 3.25. The van der Waals surface area contributed by atoms with Gasteiger partial charge in [-0.15, -0.1) is 0 Å². The molecule has 5 heteroatoms. The van der Waals surface area contributed by atoms with E-state index in [1.54, 1.807) is 12.4 Å². The quantitative estimate of drug-likeness (QED) is 0.753. The molecule has 64 valence electrons. The lowest BCUT2D eigenvalue weighted by Gasteiger charge is -2.04. The predicted molar refractivity (Wildman–Crippen MR) is 49.4 cm³/mol. The van der Waals surface area contributed by atoms with Crippen LogP contribution >= 0.6 is 15.9 Å². The number of hydrogen-bond acceptors (Lipinski definition) is 3. The zero-order valence-electron chi connectivity index (χ0n) is 6.47. The molecule has 0 fully saturated rings. The van der Waals surface area contributed by atoms with Crippen molar-refractivity contribution in [2.24, 2.45) is 0 Å². The molecule has 0 unspecified atom stereocenters. The molecule has 0 saturated heterocycles. The highest BCUT2D eigenvalue weighted by Crippen LogP contribution is 2.12. The van der Waals surface area contributed by atoms with Gasteiger partial charge in [0, 0.05) is 17.6 Å². The lowest BCUT2D eigenvalue weighted by atomic mass is 10.4. The average molecular weight is 230 g/mol. The summed E-state index contributed by atoms with van der Waals surface area (Å²) < 4.78 is 0.859. The molecular weight excluding hydrogens is 222 g/mol. The first-order valence-corrected chi connectivity index (χ1v) is 4.11. The van der Waals surface area contributed by atoms with Crippen molar-refractivity contribution in [2.45, 2.75) is 6.92 Å². The second kappa shape index (κ2) is 4.06. The minimum atomic E-state index is -0.144. The van der Waals surface area contributed by atoms with Gasteiger partial charge in [0.2, 0.25) is 5.91 Å². The largest absolute Gasteiger partial charge is 0.297 e. The zero-order chi connectivity index (χ0) is 8.97. The summed E-state index contributed by atoms with van der Waals surface area (Å²) in [6, 6.07) is 1.81. The number of anilines is 1. The van der Waals surface area contributed by atoms with Gasteiger partial charge in [0.1, 0.15) is 0 Å². The summed E-state index contributed by atoms with van der Waals surface area (Å²) in [4.78, 5) is 14.4. The minimum absolute atomic E-state index is 0.144. The third kappa shape index (κ3) is 2.87. The van der Waals surface area contributed by atoms with Gasteiger partial charge < -0.3 is 0 Å². The van der Waals surface area contributed by atoms with E-state index in [-0.39, 0.29) is 5.91 Å². The molecule has 2 N–H and O–H groups in total. The van der Waals surface area contributed by atoms with Crippen LogP contribution in [-0.2, 0) is 4.79 Å². The Morgan fingerprint density at radius 3 is 2.92 bits per heavy atom. The van der Waals surface area contributed by atoms with Crippen LogP contribution in [0.15, 0.2) is 22.9 Å². The standard InChI is InChI=1S/C7H8BrN3O/c1-5(12)10-11-7-2-6(8)3-9-4-7/h2-4,11H,1H3,(H,10,12). The van der Waals surface area contributed by atoms with Crippen LogP contribution in [0.25, 0.3) is 0 Å². The summed E-state index contributed by atoms with van der Waals surface area (Å²) in [6.07, 6.45) is 3.28. The fourth-order valence-electron chi connectivity index (χ4n) is 0.640. The van der Waals surface area contributed by atoms with Gasteiger partial charge in [-0.05, 0) is 22.0 Å². The molecule has 0 radical (unpaired) electrons.